The van der Waals surface area contributed by atoms with Crippen molar-refractivity contribution >= 4 is 11.9 Å². The summed E-state index contributed by atoms with van der Waals surface area (Å²) in [4.78, 5) is 22.7. The molecule has 0 radical (unpaired) electrons. The number of aryl methyl sites for hydroxylation is 1. The molecule has 2 N–H and O–H groups in total. The van der Waals surface area contributed by atoms with Gasteiger partial charge in [0.05, 0.1) is 0 Å². The Hall–Kier alpha value is -2.04. The van der Waals surface area contributed by atoms with E-state index in [1.807, 2.05) is 6.92 Å². The number of rotatable bonds is 5. The summed E-state index contributed by atoms with van der Waals surface area (Å²) in [6.45, 7) is 5.33. The molecule has 0 saturated heterocycles. The number of carboxylic acids is 1. The fraction of sp³-hybridized carbons (Fsp3) is 0.333. The number of carbonyl (C=O) groups is 2. The molecule has 5 nitrogen and oxygen atoms in total. The Labute approximate surface area is 99.7 Å². The molecule has 0 aliphatic rings. The third kappa shape index (κ3) is 2.96. The summed E-state index contributed by atoms with van der Waals surface area (Å²) in [5.41, 5.74) is 1.38. The second-order valence-corrected chi connectivity index (χ2v) is 3.81. The number of amides is 1. The SMILES string of the molecule is C=CCC(NC(=O)c1ccc(C)n1C)C(=O)O. The van der Waals surface area contributed by atoms with Crippen molar-refractivity contribution in [3.8, 4) is 0 Å². The van der Waals surface area contributed by atoms with Crippen molar-refractivity contribution < 1.29 is 14.7 Å². The van der Waals surface area contributed by atoms with Crippen molar-refractivity contribution in [2.75, 3.05) is 0 Å². The Bertz CT molecular complexity index is 449. The maximum absolute atomic E-state index is 11.8. The molecule has 0 fully saturated rings. The van der Waals surface area contributed by atoms with Gasteiger partial charge in [-0.2, -0.15) is 0 Å². The number of hydrogen-bond acceptors (Lipinski definition) is 2. The molecular formula is C12H16N2O3. The van der Waals surface area contributed by atoms with Gasteiger partial charge in [0, 0.05) is 12.7 Å². The second-order valence-electron chi connectivity index (χ2n) is 3.81. The molecule has 0 aromatic carbocycles. The van der Waals surface area contributed by atoms with E-state index in [0.717, 1.165) is 5.69 Å². The zero-order valence-corrected chi connectivity index (χ0v) is 9.93. The summed E-state index contributed by atoms with van der Waals surface area (Å²) in [6.07, 6.45) is 1.67. The quantitative estimate of drug-likeness (QED) is 0.752. The summed E-state index contributed by atoms with van der Waals surface area (Å²) in [6, 6.07) is 2.53. The van der Waals surface area contributed by atoms with Crippen molar-refractivity contribution in [3.63, 3.8) is 0 Å². The molecule has 1 aromatic rings. The maximum Gasteiger partial charge on any atom is 0.326 e. The Balaban J connectivity index is 2.80. The first-order valence-electron chi connectivity index (χ1n) is 5.24. The summed E-state index contributed by atoms with van der Waals surface area (Å²) in [5.74, 6) is -1.46. The molecular weight excluding hydrogens is 220 g/mol. The highest BCUT2D eigenvalue weighted by Crippen LogP contribution is 2.06. The number of carboxylic acid groups (broad SMARTS) is 1. The van der Waals surface area contributed by atoms with E-state index in [4.69, 9.17) is 5.11 Å². The zero-order chi connectivity index (χ0) is 13.0. The zero-order valence-electron chi connectivity index (χ0n) is 9.93. The van der Waals surface area contributed by atoms with Gasteiger partial charge in [-0.3, -0.25) is 4.79 Å². The lowest BCUT2D eigenvalue weighted by Crippen LogP contribution is -2.41. The number of hydrogen-bond donors (Lipinski definition) is 2. The topological polar surface area (TPSA) is 71.3 Å². The number of aromatic nitrogens is 1. The molecule has 1 atom stereocenters. The van der Waals surface area contributed by atoms with E-state index in [0.29, 0.717) is 5.69 Å². The van der Waals surface area contributed by atoms with E-state index in [1.54, 1.807) is 23.7 Å². The van der Waals surface area contributed by atoms with Gasteiger partial charge in [0.15, 0.2) is 0 Å². The van der Waals surface area contributed by atoms with Crippen LogP contribution < -0.4 is 5.32 Å². The van der Waals surface area contributed by atoms with E-state index in [9.17, 15) is 9.59 Å². The maximum atomic E-state index is 11.8. The van der Waals surface area contributed by atoms with Crippen LogP contribution in [-0.2, 0) is 11.8 Å². The third-order valence-corrected chi connectivity index (χ3v) is 2.61. The standard InChI is InChI=1S/C12H16N2O3/c1-4-5-9(12(16)17)13-11(15)10-7-6-8(2)14(10)3/h4,6-7,9H,1,5H2,2-3H3,(H,13,15)(H,16,17). The van der Waals surface area contributed by atoms with Crippen LogP contribution in [0.4, 0.5) is 0 Å². The monoisotopic (exact) mass is 236 g/mol. The van der Waals surface area contributed by atoms with Gasteiger partial charge >= 0.3 is 5.97 Å². The van der Waals surface area contributed by atoms with Crippen LogP contribution in [0.5, 0.6) is 0 Å². The lowest BCUT2D eigenvalue weighted by molar-refractivity contribution is -0.139. The van der Waals surface area contributed by atoms with Crippen molar-refractivity contribution in [1.82, 2.24) is 9.88 Å². The lowest BCUT2D eigenvalue weighted by atomic mass is 10.2. The fourth-order valence-electron chi connectivity index (χ4n) is 1.46. The Morgan fingerprint density at radius 2 is 2.24 bits per heavy atom. The largest absolute Gasteiger partial charge is 0.480 e. The van der Waals surface area contributed by atoms with Crippen LogP contribution in [0.3, 0.4) is 0 Å². The first-order chi connectivity index (χ1) is 7.97. The highest BCUT2D eigenvalue weighted by molar-refractivity contribution is 5.95. The number of nitrogens with one attached hydrogen (secondary N) is 1. The molecule has 1 aromatic heterocycles. The minimum absolute atomic E-state index is 0.199. The van der Waals surface area contributed by atoms with Crippen molar-refractivity contribution in [1.29, 1.82) is 0 Å². The average molecular weight is 236 g/mol. The molecule has 1 amide bonds. The van der Waals surface area contributed by atoms with E-state index < -0.39 is 17.9 Å². The summed E-state index contributed by atoms with van der Waals surface area (Å²) in [5, 5.41) is 11.4. The molecule has 1 rings (SSSR count). The van der Waals surface area contributed by atoms with Crippen LogP contribution in [0.1, 0.15) is 22.6 Å². The minimum atomic E-state index is -1.07. The Morgan fingerprint density at radius 3 is 2.65 bits per heavy atom. The summed E-state index contributed by atoms with van der Waals surface area (Å²) < 4.78 is 1.71. The number of nitrogens with zero attached hydrogens (tertiary/aromatic N) is 1. The van der Waals surface area contributed by atoms with Crippen LogP contribution in [0.25, 0.3) is 0 Å². The van der Waals surface area contributed by atoms with Gasteiger partial charge in [-0.05, 0) is 25.5 Å². The van der Waals surface area contributed by atoms with Crippen molar-refractivity contribution in [2.24, 2.45) is 7.05 Å². The molecule has 0 aliphatic carbocycles. The van der Waals surface area contributed by atoms with Gasteiger partial charge in [-0.15, -0.1) is 6.58 Å². The Morgan fingerprint density at radius 1 is 1.59 bits per heavy atom. The first kappa shape index (κ1) is 13.0. The van der Waals surface area contributed by atoms with Gasteiger partial charge in [-0.1, -0.05) is 6.08 Å². The van der Waals surface area contributed by atoms with Gasteiger partial charge in [0.2, 0.25) is 0 Å². The van der Waals surface area contributed by atoms with Gasteiger partial charge in [0.1, 0.15) is 11.7 Å². The predicted molar refractivity (Wildman–Crippen MR) is 63.9 cm³/mol. The second kappa shape index (κ2) is 5.34. The molecule has 1 unspecified atom stereocenters. The Kier molecular flexibility index (Phi) is 4.09. The van der Waals surface area contributed by atoms with Gasteiger partial charge in [0.25, 0.3) is 5.91 Å². The molecule has 17 heavy (non-hydrogen) atoms. The van der Waals surface area contributed by atoms with E-state index >= 15 is 0 Å². The van der Waals surface area contributed by atoms with Gasteiger partial charge < -0.3 is 15.0 Å². The smallest absolute Gasteiger partial charge is 0.326 e. The average Bonchev–Trinajstić information content (AvgIpc) is 2.59. The number of carbonyl (C=O) groups excluding carboxylic acids is 1. The van der Waals surface area contributed by atoms with Crippen LogP contribution in [0.2, 0.25) is 0 Å². The molecule has 0 bridgehead atoms. The normalized spacial score (nSPS) is 11.9. The van der Waals surface area contributed by atoms with E-state index in [2.05, 4.69) is 11.9 Å². The molecule has 0 saturated carbocycles. The van der Waals surface area contributed by atoms with Crippen molar-refractivity contribution in [3.05, 3.63) is 36.2 Å². The highest BCUT2D eigenvalue weighted by Gasteiger charge is 2.20. The highest BCUT2D eigenvalue weighted by atomic mass is 16.4. The first-order valence-corrected chi connectivity index (χ1v) is 5.24. The van der Waals surface area contributed by atoms with Crippen LogP contribution in [0, 0.1) is 6.92 Å². The molecule has 0 spiro atoms. The van der Waals surface area contributed by atoms with Crippen LogP contribution in [-0.4, -0.2) is 27.6 Å². The predicted octanol–water partition coefficient (Wildman–Crippen LogP) is 1.09. The van der Waals surface area contributed by atoms with E-state index in [1.165, 1.54) is 6.08 Å². The molecule has 0 aliphatic heterocycles. The molecule has 5 heteroatoms. The van der Waals surface area contributed by atoms with Crippen LogP contribution >= 0.6 is 0 Å². The molecule has 1 heterocycles. The van der Waals surface area contributed by atoms with Crippen LogP contribution in [0.15, 0.2) is 24.8 Å². The number of aliphatic carboxylic acids is 1. The molecule has 92 valence electrons. The summed E-state index contributed by atoms with van der Waals surface area (Å²) in [7, 11) is 1.76. The van der Waals surface area contributed by atoms with Crippen molar-refractivity contribution in [2.45, 2.75) is 19.4 Å². The van der Waals surface area contributed by atoms with E-state index in [-0.39, 0.29) is 6.42 Å². The minimum Gasteiger partial charge on any atom is -0.480 e. The van der Waals surface area contributed by atoms with Gasteiger partial charge in [-0.25, -0.2) is 4.79 Å². The fourth-order valence-corrected chi connectivity index (χ4v) is 1.46. The lowest BCUT2D eigenvalue weighted by Gasteiger charge is -2.13. The third-order valence-electron chi connectivity index (χ3n) is 2.61. The summed E-state index contributed by atoms with van der Waals surface area (Å²) >= 11 is 0.